The molecule has 1 aromatic carbocycles. The van der Waals surface area contributed by atoms with Gasteiger partial charge < -0.3 is 14.7 Å². The summed E-state index contributed by atoms with van der Waals surface area (Å²) in [6.45, 7) is 5.82. The van der Waals surface area contributed by atoms with E-state index in [0.717, 1.165) is 25.7 Å². The van der Waals surface area contributed by atoms with E-state index in [1.54, 1.807) is 31.2 Å². The Morgan fingerprint density at radius 3 is 2.69 bits per heavy atom. The predicted molar refractivity (Wildman–Crippen MR) is 96.5 cm³/mol. The van der Waals surface area contributed by atoms with Crippen molar-refractivity contribution < 1.29 is 14.1 Å². The predicted octanol–water partition coefficient (Wildman–Crippen LogP) is 3.26. The Kier molecular flexibility index (Phi) is 5.46. The smallest absolute Gasteiger partial charge is 0.254 e. The molecule has 1 saturated heterocycles. The Morgan fingerprint density at radius 2 is 2.04 bits per heavy atom. The normalized spacial score (nSPS) is 17.4. The summed E-state index contributed by atoms with van der Waals surface area (Å²) >= 11 is 0. The molecule has 3 rings (SSSR count). The quantitative estimate of drug-likeness (QED) is 0.852. The summed E-state index contributed by atoms with van der Waals surface area (Å²) in [4.78, 5) is 30.6. The van der Waals surface area contributed by atoms with E-state index in [1.165, 1.54) is 6.08 Å². The molecular weight excluding hydrogens is 332 g/mol. The number of anilines is 1. The third-order valence-corrected chi connectivity index (χ3v) is 4.44. The van der Waals surface area contributed by atoms with Crippen LogP contribution in [0.3, 0.4) is 0 Å². The monoisotopic (exact) mass is 354 g/mol. The second-order valence-electron chi connectivity index (χ2n) is 6.31. The van der Waals surface area contributed by atoms with Crippen LogP contribution < -0.4 is 5.32 Å². The molecule has 0 spiro atoms. The highest BCUT2D eigenvalue weighted by molar-refractivity contribution is 5.99. The molecule has 1 aliphatic heterocycles. The maximum Gasteiger partial charge on any atom is 0.254 e. The van der Waals surface area contributed by atoms with Gasteiger partial charge in [-0.1, -0.05) is 24.6 Å². The number of hydrogen-bond donors (Lipinski definition) is 1. The molecule has 2 heterocycles. The minimum absolute atomic E-state index is 0.0686. The first-order valence-electron chi connectivity index (χ1n) is 8.73. The van der Waals surface area contributed by atoms with Crippen molar-refractivity contribution in [3.05, 3.63) is 54.2 Å². The van der Waals surface area contributed by atoms with Gasteiger partial charge in [0.05, 0.1) is 6.04 Å². The highest BCUT2D eigenvalue weighted by Crippen LogP contribution is 2.30. The third-order valence-electron chi connectivity index (χ3n) is 4.44. The topological polar surface area (TPSA) is 88.3 Å². The van der Waals surface area contributed by atoms with Gasteiger partial charge in [-0.3, -0.25) is 9.59 Å². The van der Waals surface area contributed by atoms with Gasteiger partial charge in [0, 0.05) is 24.7 Å². The van der Waals surface area contributed by atoms with Crippen molar-refractivity contribution in [2.45, 2.75) is 38.6 Å². The van der Waals surface area contributed by atoms with Crippen molar-refractivity contribution in [3.8, 4) is 0 Å². The fourth-order valence-electron chi connectivity index (χ4n) is 3.13. The number of nitrogens with one attached hydrogen (secondary N) is 1. The van der Waals surface area contributed by atoms with Gasteiger partial charge in [-0.15, -0.1) is 0 Å². The zero-order chi connectivity index (χ0) is 18.5. The lowest BCUT2D eigenvalue weighted by molar-refractivity contribution is -0.111. The van der Waals surface area contributed by atoms with E-state index in [1.807, 2.05) is 4.90 Å². The largest absolute Gasteiger partial charge is 0.340 e. The highest BCUT2D eigenvalue weighted by atomic mass is 16.5. The van der Waals surface area contributed by atoms with Crippen molar-refractivity contribution in [1.29, 1.82) is 0 Å². The van der Waals surface area contributed by atoms with E-state index >= 15 is 0 Å². The molecule has 2 aromatic rings. The molecule has 7 heteroatoms. The zero-order valence-corrected chi connectivity index (χ0v) is 14.8. The summed E-state index contributed by atoms with van der Waals surface area (Å²) in [6.07, 6.45) is 5.07. The van der Waals surface area contributed by atoms with Crippen LogP contribution in [0.2, 0.25) is 0 Å². The lowest BCUT2D eigenvalue weighted by atomic mass is 10.1. The average molecular weight is 354 g/mol. The fraction of sp³-hybridized carbons (Fsp3) is 0.368. The van der Waals surface area contributed by atoms with Crippen LogP contribution in [0.5, 0.6) is 0 Å². The number of carbonyl (C=O) groups is 2. The van der Waals surface area contributed by atoms with Gasteiger partial charge in [-0.25, -0.2) is 0 Å². The number of rotatable bonds is 4. The molecular formula is C19H22N4O3. The Morgan fingerprint density at radius 1 is 1.27 bits per heavy atom. The van der Waals surface area contributed by atoms with Crippen molar-refractivity contribution >= 4 is 17.5 Å². The van der Waals surface area contributed by atoms with Crippen molar-refractivity contribution in [2.75, 3.05) is 11.9 Å². The molecule has 7 nitrogen and oxygen atoms in total. The molecule has 1 N–H and O–H groups in total. The molecule has 0 saturated carbocycles. The molecule has 26 heavy (non-hydrogen) atoms. The van der Waals surface area contributed by atoms with E-state index in [-0.39, 0.29) is 17.9 Å². The second-order valence-corrected chi connectivity index (χ2v) is 6.31. The van der Waals surface area contributed by atoms with E-state index in [4.69, 9.17) is 4.52 Å². The van der Waals surface area contributed by atoms with Gasteiger partial charge in [0.2, 0.25) is 11.8 Å². The molecule has 1 aliphatic rings. The molecule has 1 unspecified atom stereocenters. The summed E-state index contributed by atoms with van der Waals surface area (Å²) < 4.78 is 5.11. The number of hydrogen-bond acceptors (Lipinski definition) is 5. The number of likely N-dealkylation sites (tertiary alicyclic amines) is 1. The molecule has 1 aromatic heterocycles. The van der Waals surface area contributed by atoms with E-state index < -0.39 is 0 Å². The van der Waals surface area contributed by atoms with Crippen LogP contribution in [0.25, 0.3) is 0 Å². The first-order valence-corrected chi connectivity index (χ1v) is 8.73. The van der Waals surface area contributed by atoms with E-state index in [9.17, 15) is 9.59 Å². The first-order chi connectivity index (χ1) is 12.6. The van der Waals surface area contributed by atoms with Crippen molar-refractivity contribution in [2.24, 2.45) is 0 Å². The van der Waals surface area contributed by atoms with Gasteiger partial charge in [-0.2, -0.15) is 4.98 Å². The summed E-state index contributed by atoms with van der Waals surface area (Å²) in [7, 11) is 0. The fourth-order valence-corrected chi connectivity index (χ4v) is 3.13. The third kappa shape index (κ3) is 3.99. The van der Waals surface area contributed by atoms with Crippen molar-refractivity contribution in [3.63, 3.8) is 0 Å². The Labute approximate surface area is 152 Å². The Bertz CT molecular complexity index is 797. The lowest BCUT2D eigenvalue weighted by Gasteiger charge is -2.28. The van der Waals surface area contributed by atoms with Crippen LogP contribution in [-0.4, -0.2) is 33.4 Å². The SMILES string of the molecule is C=CC(=O)Nc1ccc(C(=O)N2CCCCCC2c2noc(C)n2)cc1. The number of aryl methyl sites for hydroxylation is 1. The van der Waals surface area contributed by atoms with Gasteiger partial charge >= 0.3 is 0 Å². The minimum Gasteiger partial charge on any atom is -0.340 e. The van der Waals surface area contributed by atoms with Crippen LogP contribution in [0.4, 0.5) is 5.69 Å². The van der Waals surface area contributed by atoms with Crippen LogP contribution in [0.15, 0.2) is 41.4 Å². The molecule has 0 aliphatic carbocycles. The zero-order valence-electron chi connectivity index (χ0n) is 14.8. The standard InChI is InChI=1S/C19H22N4O3/c1-3-17(24)21-15-10-8-14(9-11-15)19(25)23-12-6-4-5-7-16(23)18-20-13(2)26-22-18/h3,8-11,16H,1,4-7,12H2,2H3,(H,21,24). The summed E-state index contributed by atoms with van der Waals surface area (Å²) in [5.41, 5.74) is 1.18. The summed E-state index contributed by atoms with van der Waals surface area (Å²) in [6, 6.07) is 6.66. The van der Waals surface area contributed by atoms with Crippen molar-refractivity contribution in [1.82, 2.24) is 15.0 Å². The number of benzene rings is 1. The lowest BCUT2D eigenvalue weighted by Crippen LogP contribution is -2.35. The van der Waals surface area contributed by atoms with Crippen LogP contribution in [-0.2, 0) is 4.79 Å². The second kappa shape index (κ2) is 7.95. The summed E-state index contributed by atoms with van der Waals surface area (Å²) in [5.74, 6) is 0.705. The summed E-state index contributed by atoms with van der Waals surface area (Å²) in [5, 5.41) is 6.70. The highest BCUT2D eigenvalue weighted by Gasteiger charge is 2.30. The molecule has 1 atom stereocenters. The van der Waals surface area contributed by atoms with Crippen LogP contribution >= 0.6 is 0 Å². The maximum atomic E-state index is 13.1. The van der Waals surface area contributed by atoms with Crippen LogP contribution in [0.1, 0.15) is 53.8 Å². The van der Waals surface area contributed by atoms with Gasteiger partial charge in [-0.05, 0) is 43.2 Å². The molecule has 0 bridgehead atoms. The Hall–Kier alpha value is -2.96. The maximum absolute atomic E-state index is 13.1. The molecule has 1 fully saturated rings. The van der Waals surface area contributed by atoms with E-state index in [0.29, 0.717) is 29.5 Å². The minimum atomic E-state index is -0.288. The number of carbonyl (C=O) groups excluding carboxylic acids is 2. The average Bonchev–Trinajstić information content (AvgIpc) is 2.93. The van der Waals surface area contributed by atoms with Gasteiger partial charge in [0.1, 0.15) is 0 Å². The Balaban J connectivity index is 1.81. The number of aromatic nitrogens is 2. The first kappa shape index (κ1) is 17.8. The molecule has 0 radical (unpaired) electrons. The van der Waals surface area contributed by atoms with E-state index in [2.05, 4.69) is 22.0 Å². The molecule has 2 amide bonds. The molecule has 136 valence electrons. The van der Waals surface area contributed by atoms with Crippen LogP contribution in [0, 0.1) is 6.92 Å². The number of nitrogens with zero attached hydrogens (tertiary/aromatic N) is 3. The van der Waals surface area contributed by atoms with Gasteiger partial charge in [0.15, 0.2) is 5.82 Å². The number of amides is 2. The van der Waals surface area contributed by atoms with Gasteiger partial charge in [0.25, 0.3) is 5.91 Å².